The molecule has 0 radical (unpaired) electrons. The Morgan fingerprint density at radius 1 is 1.52 bits per heavy atom. The summed E-state index contributed by atoms with van der Waals surface area (Å²) in [5, 5.41) is 10.7. The number of likely N-dealkylation sites (tertiary alicyclic amines) is 1. The summed E-state index contributed by atoms with van der Waals surface area (Å²) in [4.78, 5) is 17.5. The topological polar surface area (TPSA) is 43.8 Å². The van der Waals surface area contributed by atoms with Gasteiger partial charge in [0.2, 0.25) is 0 Å². The predicted octanol–water partition coefficient (Wildman–Crippen LogP) is 1.50. The highest BCUT2D eigenvalue weighted by Crippen LogP contribution is 2.25. The van der Waals surface area contributed by atoms with Crippen LogP contribution in [0.5, 0.6) is 0 Å². The second-order valence-electron chi connectivity index (χ2n) is 5.66. The van der Waals surface area contributed by atoms with Crippen molar-refractivity contribution in [1.82, 2.24) is 9.80 Å². The average molecular weight is 306 g/mol. The summed E-state index contributed by atoms with van der Waals surface area (Å²) < 4.78 is 0. The maximum absolute atomic E-state index is 12.7. The van der Waals surface area contributed by atoms with Crippen LogP contribution in [0.1, 0.15) is 28.6 Å². The number of likely N-dealkylation sites (N-methyl/N-ethyl adjacent to an activating group) is 1. The van der Waals surface area contributed by atoms with Crippen LogP contribution in [0, 0.1) is 17.8 Å². The van der Waals surface area contributed by atoms with E-state index in [-0.39, 0.29) is 12.5 Å². The van der Waals surface area contributed by atoms with Crippen molar-refractivity contribution in [2.45, 2.75) is 19.4 Å². The number of hydrogen-bond acceptors (Lipinski definition) is 4. The second kappa shape index (κ2) is 7.08. The lowest BCUT2D eigenvalue weighted by Crippen LogP contribution is -2.35. The van der Waals surface area contributed by atoms with Crippen molar-refractivity contribution >= 4 is 17.2 Å². The van der Waals surface area contributed by atoms with Crippen LogP contribution in [0.25, 0.3) is 0 Å². The molecular weight excluding hydrogens is 284 g/mol. The van der Waals surface area contributed by atoms with E-state index >= 15 is 0 Å². The molecule has 114 valence electrons. The molecule has 1 aromatic heterocycles. The molecule has 0 aromatic carbocycles. The van der Waals surface area contributed by atoms with Crippen LogP contribution >= 0.6 is 11.3 Å². The standard InChI is InChI=1S/C16H22N2O2S/c1-12-10-18(11-14(12)17(2)3)16(20)15-13(7-9-21-15)6-4-5-8-19/h7,9,12,14,19H,5,8,10-11H2,1-3H3. The van der Waals surface area contributed by atoms with E-state index in [1.165, 1.54) is 11.3 Å². The van der Waals surface area contributed by atoms with Gasteiger partial charge in [-0.1, -0.05) is 18.8 Å². The number of aliphatic hydroxyl groups is 1. The Balaban J connectivity index is 2.12. The van der Waals surface area contributed by atoms with Gasteiger partial charge in [-0.2, -0.15) is 0 Å². The second-order valence-corrected chi connectivity index (χ2v) is 6.57. The first kappa shape index (κ1) is 16.0. The predicted molar refractivity (Wildman–Crippen MR) is 85.4 cm³/mol. The number of carbonyl (C=O) groups is 1. The number of nitrogens with zero attached hydrogens (tertiary/aromatic N) is 2. The van der Waals surface area contributed by atoms with E-state index in [1.54, 1.807) is 0 Å². The minimum atomic E-state index is 0.0502. The van der Waals surface area contributed by atoms with Crippen LogP contribution in [0.4, 0.5) is 0 Å². The van der Waals surface area contributed by atoms with Gasteiger partial charge < -0.3 is 14.9 Å². The number of carbonyl (C=O) groups excluding carboxylic acids is 1. The van der Waals surface area contributed by atoms with Crippen LogP contribution in [0.2, 0.25) is 0 Å². The maximum atomic E-state index is 12.7. The van der Waals surface area contributed by atoms with E-state index in [2.05, 4.69) is 37.8 Å². The van der Waals surface area contributed by atoms with Gasteiger partial charge in [0.15, 0.2) is 0 Å². The monoisotopic (exact) mass is 306 g/mol. The van der Waals surface area contributed by atoms with E-state index in [1.807, 2.05) is 16.3 Å². The Kier molecular flexibility index (Phi) is 5.40. The van der Waals surface area contributed by atoms with Crippen molar-refractivity contribution in [2.24, 2.45) is 5.92 Å². The van der Waals surface area contributed by atoms with Gasteiger partial charge in [-0.25, -0.2) is 0 Å². The van der Waals surface area contributed by atoms with Crippen LogP contribution in [-0.2, 0) is 0 Å². The van der Waals surface area contributed by atoms with Crippen LogP contribution in [0.15, 0.2) is 11.4 Å². The first-order valence-electron chi connectivity index (χ1n) is 7.17. The molecule has 0 spiro atoms. The quantitative estimate of drug-likeness (QED) is 0.861. The van der Waals surface area contributed by atoms with Crippen molar-refractivity contribution in [3.8, 4) is 11.8 Å². The lowest BCUT2D eigenvalue weighted by molar-refractivity contribution is 0.0786. The zero-order chi connectivity index (χ0) is 15.4. The van der Waals surface area contributed by atoms with Crippen molar-refractivity contribution in [1.29, 1.82) is 0 Å². The molecule has 1 saturated heterocycles. The minimum absolute atomic E-state index is 0.0502. The SMILES string of the molecule is CC1CN(C(=O)c2sccc2C#CCCO)CC1N(C)C. The molecule has 2 rings (SSSR count). The molecule has 1 N–H and O–H groups in total. The Morgan fingerprint density at radius 3 is 2.90 bits per heavy atom. The summed E-state index contributed by atoms with van der Waals surface area (Å²) in [6, 6.07) is 2.29. The molecule has 21 heavy (non-hydrogen) atoms. The van der Waals surface area contributed by atoms with Gasteiger partial charge in [-0.05, 0) is 31.5 Å². The molecule has 1 aliphatic heterocycles. The van der Waals surface area contributed by atoms with Gasteiger partial charge in [0, 0.05) is 31.1 Å². The van der Waals surface area contributed by atoms with Gasteiger partial charge in [0.1, 0.15) is 4.88 Å². The molecule has 4 nitrogen and oxygen atoms in total. The molecule has 1 aromatic rings. The number of thiophene rings is 1. The Hall–Kier alpha value is -1.35. The molecule has 2 unspecified atom stereocenters. The van der Waals surface area contributed by atoms with Gasteiger partial charge in [-0.15, -0.1) is 11.3 Å². The highest BCUT2D eigenvalue weighted by Gasteiger charge is 2.34. The van der Waals surface area contributed by atoms with Gasteiger partial charge in [-0.3, -0.25) is 4.79 Å². The molecule has 1 fully saturated rings. The van der Waals surface area contributed by atoms with Gasteiger partial charge >= 0.3 is 0 Å². The number of rotatable bonds is 3. The lowest BCUT2D eigenvalue weighted by atomic mass is 10.1. The first-order valence-corrected chi connectivity index (χ1v) is 8.05. The number of amides is 1. The van der Waals surface area contributed by atoms with Crippen LogP contribution in [0.3, 0.4) is 0 Å². The van der Waals surface area contributed by atoms with Crippen LogP contribution < -0.4 is 0 Å². The van der Waals surface area contributed by atoms with Crippen molar-refractivity contribution in [2.75, 3.05) is 33.8 Å². The Bertz CT molecular complexity index is 556. The molecule has 2 atom stereocenters. The lowest BCUT2D eigenvalue weighted by Gasteiger charge is -2.22. The van der Waals surface area contributed by atoms with Gasteiger partial charge in [0.25, 0.3) is 5.91 Å². The fourth-order valence-electron chi connectivity index (χ4n) is 2.72. The summed E-state index contributed by atoms with van der Waals surface area (Å²) in [6.07, 6.45) is 0.437. The zero-order valence-corrected chi connectivity index (χ0v) is 13.6. The third-order valence-electron chi connectivity index (χ3n) is 3.84. The molecule has 1 aliphatic rings. The van der Waals surface area contributed by atoms with Crippen molar-refractivity contribution < 1.29 is 9.90 Å². The fourth-order valence-corrected chi connectivity index (χ4v) is 3.53. The third-order valence-corrected chi connectivity index (χ3v) is 4.74. The largest absolute Gasteiger partial charge is 0.395 e. The Morgan fingerprint density at radius 2 is 2.29 bits per heavy atom. The normalized spacial score (nSPS) is 21.5. The average Bonchev–Trinajstić information content (AvgIpc) is 3.05. The summed E-state index contributed by atoms with van der Waals surface area (Å²) in [7, 11) is 4.12. The number of aliphatic hydroxyl groups excluding tert-OH is 1. The highest BCUT2D eigenvalue weighted by atomic mass is 32.1. The first-order chi connectivity index (χ1) is 10.0. The molecule has 1 amide bonds. The van der Waals surface area contributed by atoms with Crippen LogP contribution in [-0.4, -0.2) is 60.6 Å². The third kappa shape index (κ3) is 3.65. The zero-order valence-electron chi connectivity index (χ0n) is 12.8. The molecule has 0 bridgehead atoms. The molecule has 0 aliphatic carbocycles. The van der Waals surface area contributed by atoms with Gasteiger partial charge in [0.05, 0.1) is 6.61 Å². The number of hydrogen-bond donors (Lipinski definition) is 1. The van der Waals surface area contributed by atoms with Crippen molar-refractivity contribution in [3.05, 3.63) is 21.9 Å². The highest BCUT2D eigenvalue weighted by molar-refractivity contribution is 7.12. The molecule has 0 saturated carbocycles. The van der Waals surface area contributed by atoms with E-state index in [0.29, 0.717) is 23.3 Å². The summed E-state index contributed by atoms with van der Waals surface area (Å²) >= 11 is 1.44. The summed E-state index contributed by atoms with van der Waals surface area (Å²) in [6.45, 7) is 3.81. The maximum Gasteiger partial charge on any atom is 0.265 e. The van der Waals surface area contributed by atoms with Crippen molar-refractivity contribution in [3.63, 3.8) is 0 Å². The minimum Gasteiger partial charge on any atom is -0.395 e. The molecule has 2 heterocycles. The molecule has 5 heteroatoms. The Labute approximate surface area is 130 Å². The fraction of sp³-hybridized carbons (Fsp3) is 0.562. The van der Waals surface area contributed by atoms with E-state index < -0.39 is 0 Å². The smallest absolute Gasteiger partial charge is 0.265 e. The summed E-state index contributed by atoms with van der Waals surface area (Å²) in [5.74, 6) is 6.43. The van der Waals surface area contributed by atoms with E-state index in [0.717, 1.165) is 18.7 Å². The molecular formula is C16H22N2O2S. The summed E-state index contributed by atoms with van der Waals surface area (Å²) in [5.41, 5.74) is 0.777. The van der Waals surface area contributed by atoms with E-state index in [9.17, 15) is 4.79 Å². The van der Waals surface area contributed by atoms with E-state index in [4.69, 9.17) is 5.11 Å².